The summed E-state index contributed by atoms with van der Waals surface area (Å²) in [7, 11) is 0. The first-order chi connectivity index (χ1) is 9.94. The number of urea groups is 1. The van der Waals surface area contributed by atoms with Crippen molar-refractivity contribution in [1.82, 2.24) is 15.1 Å². The Hall–Kier alpha value is -1.70. The van der Waals surface area contributed by atoms with Gasteiger partial charge in [-0.2, -0.15) is 0 Å². The lowest BCUT2D eigenvalue weighted by Crippen LogP contribution is -2.37. The summed E-state index contributed by atoms with van der Waals surface area (Å²) in [5.41, 5.74) is -0.856. The number of unbranched alkanes of at least 4 members (excludes halogenated alkanes) is 1. The number of rotatable bonds is 5. The molecule has 21 heavy (non-hydrogen) atoms. The third kappa shape index (κ3) is 3.69. The van der Waals surface area contributed by atoms with Gasteiger partial charge in [-0.25, -0.2) is 4.79 Å². The minimum atomic E-state index is -0.865. The molecular weight excluding hydrogens is 292 g/mol. The number of carbonyl (C=O) groups is 2. The third-order valence-corrected chi connectivity index (χ3v) is 4.60. The standard InChI is InChI=1S/C13H20N4O3S/c1-3-4-5-9-15-16-11(21-9)14-12(20)17-7-6-13(2,8-17)10(18)19/h3-8H2,1-2H3,(H,18,19)(H,14,16,20). The Balaban J connectivity index is 1.90. The monoisotopic (exact) mass is 312 g/mol. The molecule has 8 heteroatoms. The molecular formula is C13H20N4O3S. The molecule has 1 unspecified atom stereocenters. The summed E-state index contributed by atoms with van der Waals surface area (Å²) in [5.74, 6) is -0.865. The molecule has 1 aromatic heterocycles. The van der Waals surface area contributed by atoms with Crippen LogP contribution in [-0.2, 0) is 11.2 Å². The molecule has 116 valence electrons. The predicted octanol–water partition coefficient (Wildman–Crippen LogP) is 2.21. The number of carboxylic acids is 1. The second-order valence-electron chi connectivity index (χ2n) is 5.57. The SMILES string of the molecule is CCCCc1nnc(NC(=O)N2CCC(C)(C(=O)O)C2)s1. The number of likely N-dealkylation sites (tertiary alicyclic amines) is 1. The number of aryl methyl sites for hydroxylation is 1. The highest BCUT2D eigenvalue weighted by Gasteiger charge is 2.42. The maximum atomic E-state index is 12.1. The molecule has 2 N–H and O–H groups in total. The minimum absolute atomic E-state index is 0.218. The quantitative estimate of drug-likeness (QED) is 0.869. The molecule has 0 bridgehead atoms. The molecule has 0 spiro atoms. The van der Waals surface area contributed by atoms with Crippen LogP contribution in [0.2, 0.25) is 0 Å². The van der Waals surface area contributed by atoms with Crippen LogP contribution in [0.5, 0.6) is 0 Å². The molecule has 2 heterocycles. The summed E-state index contributed by atoms with van der Waals surface area (Å²) >= 11 is 1.37. The number of aromatic nitrogens is 2. The number of anilines is 1. The minimum Gasteiger partial charge on any atom is -0.481 e. The van der Waals surface area contributed by atoms with Gasteiger partial charge in [0.1, 0.15) is 5.01 Å². The van der Waals surface area contributed by atoms with Crippen molar-refractivity contribution in [2.45, 2.75) is 39.5 Å². The Kier molecular flexibility index (Phi) is 4.76. The van der Waals surface area contributed by atoms with Crippen LogP contribution >= 0.6 is 11.3 Å². The molecule has 2 amide bonds. The van der Waals surface area contributed by atoms with Crippen molar-refractivity contribution in [3.05, 3.63) is 5.01 Å². The highest BCUT2D eigenvalue weighted by molar-refractivity contribution is 7.15. The topological polar surface area (TPSA) is 95.4 Å². The average Bonchev–Trinajstić information content (AvgIpc) is 3.04. The van der Waals surface area contributed by atoms with E-state index in [9.17, 15) is 9.59 Å². The van der Waals surface area contributed by atoms with Gasteiger partial charge in [0.25, 0.3) is 0 Å². The normalized spacial score (nSPS) is 21.5. The predicted molar refractivity (Wildman–Crippen MR) is 79.5 cm³/mol. The van der Waals surface area contributed by atoms with Gasteiger partial charge in [0.05, 0.1) is 5.41 Å². The molecule has 1 aliphatic heterocycles. The lowest BCUT2D eigenvalue weighted by Gasteiger charge is -2.19. The van der Waals surface area contributed by atoms with Crippen LogP contribution in [-0.4, -0.2) is 45.3 Å². The Labute approximate surface area is 127 Å². The molecule has 0 aromatic carbocycles. The van der Waals surface area contributed by atoms with E-state index in [0.717, 1.165) is 24.3 Å². The fraction of sp³-hybridized carbons (Fsp3) is 0.692. The number of hydrogen-bond donors (Lipinski definition) is 2. The number of carbonyl (C=O) groups excluding carboxylic acids is 1. The van der Waals surface area contributed by atoms with Crippen LogP contribution in [0.3, 0.4) is 0 Å². The molecule has 0 aliphatic carbocycles. The first-order valence-corrected chi connectivity index (χ1v) is 7.88. The van der Waals surface area contributed by atoms with Gasteiger partial charge in [0.15, 0.2) is 0 Å². The molecule has 1 atom stereocenters. The van der Waals surface area contributed by atoms with E-state index >= 15 is 0 Å². The van der Waals surface area contributed by atoms with Gasteiger partial charge in [-0.1, -0.05) is 24.7 Å². The number of nitrogens with one attached hydrogen (secondary N) is 1. The van der Waals surface area contributed by atoms with Gasteiger partial charge in [-0.15, -0.1) is 10.2 Å². The first-order valence-electron chi connectivity index (χ1n) is 7.06. The molecule has 2 rings (SSSR count). The van der Waals surface area contributed by atoms with Crippen LogP contribution in [0.4, 0.5) is 9.93 Å². The zero-order valence-corrected chi connectivity index (χ0v) is 13.1. The van der Waals surface area contributed by atoms with Gasteiger partial charge in [0.2, 0.25) is 5.13 Å². The van der Waals surface area contributed by atoms with Gasteiger partial charge < -0.3 is 10.0 Å². The Morgan fingerprint density at radius 2 is 2.24 bits per heavy atom. The molecule has 0 saturated carbocycles. The highest BCUT2D eigenvalue weighted by atomic mass is 32.1. The first kappa shape index (κ1) is 15.7. The number of nitrogens with zero attached hydrogens (tertiary/aromatic N) is 3. The Morgan fingerprint density at radius 3 is 2.86 bits per heavy atom. The molecule has 7 nitrogen and oxygen atoms in total. The van der Waals surface area contributed by atoms with Crippen molar-refractivity contribution in [3.63, 3.8) is 0 Å². The largest absolute Gasteiger partial charge is 0.481 e. The number of amides is 2. The molecule has 1 aromatic rings. The van der Waals surface area contributed by atoms with E-state index in [4.69, 9.17) is 5.11 Å². The summed E-state index contributed by atoms with van der Waals surface area (Å²) in [6.07, 6.45) is 3.47. The van der Waals surface area contributed by atoms with Crippen molar-refractivity contribution < 1.29 is 14.7 Å². The molecule has 1 saturated heterocycles. The Morgan fingerprint density at radius 1 is 1.48 bits per heavy atom. The van der Waals surface area contributed by atoms with Crippen LogP contribution in [0, 0.1) is 5.41 Å². The van der Waals surface area contributed by atoms with E-state index in [0.29, 0.717) is 18.1 Å². The van der Waals surface area contributed by atoms with Crippen LogP contribution in [0.25, 0.3) is 0 Å². The van der Waals surface area contributed by atoms with E-state index in [2.05, 4.69) is 22.4 Å². The van der Waals surface area contributed by atoms with E-state index in [1.54, 1.807) is 6.92 Å². The van der Waals surface area contributed by atoms with Gasteiger partial charge >= 0.3 is 12.0 Å². The summed E-state index contributed by atoms with van der Waals surface area (Å²) in [4.78, 5) is 24.8. The second kappa shape index (κ2) is 6.38. The summed E-state index contributed by atoms with van der Waals surface area (Å²) in [6.45, 7) is 4.43. The number of aliphatic carboxylic acids is 1. The van der Waals surface area contributed by atoms with E-state index < -0.39 is 11.4 Å². The molecule has 1 aliphatic rings. The molecule has 0 radical (unpaired) electrons. The van der Waals surface area contributed by atoms with Crippen molar-refractivity contribution in [2.24, 2.45) is 5.41 Å². The van der Waals surface area contributed by atoms with Crippen molar-refractivity contribution in [2.75, 3.05) is 18.4 Å². The highest BCUT2D eigenvalue weighted by Crippen LogP contribution is 2.30. The van der Waals surface area contributed by atoms with Crippen LogP contribution in [0.15, 0.2) is 0 Å². The fourth-order valence-corrected chi connectivity index (χ4v) is 2.98. The summed E-state index contributed by atoms with van der Waals surface area (Å²) in [5, 5.41) is 21.2. The van der Waals surface area contributed by atoms with Crippen LogP contribution in [0.1, 0.15) is 38.1 Å². The van der Waals surface area contributed by atoms with E-state index in [1.165, 1.54) is 16.2 Å². The molecule has 1 fully saturated rings. The summed E-state index contributed by atoms with van der Waals surface area (Å²) < 4.78 is 0. The summed E-state index contributed by atoms with van der Waals surface area (Å²) in [6, 6.07) is -0.307. The van der Waals surface area contributed by atoms with Crippen LogP contribution < -0.4 is 5.32 Å². The lowest BCUT2D eigenvalue weighted by atomic mass is 9.90. The van der Waals surface area contributed by atoms with Gasteiger partial charge in [0, 0.05) is 19.5 Å². The number of hydrogen-bond acceptors (Lipinski definition) is 5. The second-order valence-corrected chi connectivity index (χ2v) is 6.63. The number of carboxylic acid groups (broad SMARTS) is 1. The zero-order valence-electron chi connectivity index (χ0n) is 12.3. The Bertz CT molecular complexity index is 533. The third-order valence-electron chi connectivity index (χ3n) is 3.70. The van der Waals surface area contributed by atoms with Crippen molar-refractivity contribution >= 4 is 28.5 Å². The van der Waals surface area contributed by atoms with E-state index in [-0.39, 0.29) is 12.6 Å². The maximum absolute atomic E-state index is 12.1. The zero-order chi connectivity index (χ0) is 15.5. The van der Waals surface area contributed by atoms with E-state index in [1.807, 2.05) is 0 Å². The fourth-order valence-electron chi connectivity index (χ4n) is 2.21. The smallest absolute Gasteiger partial charge is 0.323 e. The van der Waals surface area contributed by atoms with Crippen molar-refractivity contribution in [3.8, 4) is 0 Å². The van der Waals surface area contributed by atoms with Gasteiger partial charge in [-0.3, -0.25) is 10.1 Å². The lowest BCUT2D eigenvalue weighted by molar-refractivity contribution is -0.146. The average molecular weight is 312 g/mol. The maximum Gasteiger partial charge on any atom is 0.323 e. The van der Waals surface area contributed by atoms with Crippen molar-refractivity contribution in [1.29, 1.82) is 0 Å². The van der Waals surface area contributed by atoms with Gasteiger partial charge in [-0.05, 0) is 19.8 Å².